The maximum Gasteiger partial charge on any atom is 0.323 e. The zero-order valence-corrected chi connectivity index (χ0v) is 11.8. The highest BCUT2D eigenvalue weighted by Crippen LogP contribution is 2.43. The molecule has 0 saturated carbocycles. The van der Waals surface area contributed by atoms with Gasteiger partial charge in [-0.05, 0) is 5.56 Å². The highest BCUT2D eigenvalue weighted by atomic mass is 16.5. The number of carbonyl (C=O) groups excluding carboxylic acids is 3. The monoisotopic (exact) mass is 288 g/mol. The average Bonchev–Trinajstić information content (AvgIpc) is 3.01. The van der Waals surface area contributed by atoms with Gasteiger partial charge in [0.15, 0.2) is 0 Å². The molecule has 2 amide bonds. The number of amides is 2. The number of likely N-dealkylation sites (tertiary alicyclic amines) is 1. The summed E-state index contributed by atoms with van der Waals surface area (Å²) in [5, 5.41) is 3.10. The van der Waals surface area contributed by atoms with Crippen molar-refractivity contribution < 1.29 is 19.1 Å². The number of methoxy groups -OCH3 is 1. The molecule has 0 aromatic heterocycles. The lowest BCUT2D eigenvalue weighted by molar-refractivity contribution is -0.147. The number of imide groups is 1. The third-order valence-corrected chi connectivity index (χ3v) is 4.31. The summed E-state index contributed by atoms with van der Waals surface area (Å²) in [4.78, 5) is 37.7. The molecule has 0 bridgehead atoms. The first-order chi connectivity index (χ1) is 10.1. The summed E-state index contributed by atoms with van der Waals surface area (Å²) in [6.45, 7) is 0. The first kappa shape index (κ1) is 13.8. The highest BCUT2D eigenvalue weighted by Gasteiger charge is 2.60. The van der Waals surface area contributed by atoms with Crippen LogP contribution in [-0.4, -0.2) is 42.9 Å². The lowest BCUT2D eigenvalue weighted by Crippen LogP contribution is -2.42. The lowest BCUT2D eigenvalue weighted by Gasteiger charge is -2.19. The Morgan fingerprint density at radius 1 is 1.14 bits per heavy atom. The summed E-state index contributed by atoms with van der Waals surface area (Å²) in [5.74, 6) is -2.35. The van der Waals surface area contributed by atoms with Gasteiger partial charge in [0.1, 0.15) is 6.04 Å². The van der Waals surface area contributed by atoms with Crippen molar-refractivity contribution in [2.45, 2.75) is 12.1 Å². The van der Waals surface area contributed by atoms with Crippen LogP contribution in [0.2, 0.25) is 0 Å². The van der Waals surface area contributed by atoms with Gasteiger partial charge in [-0.2, -0.15) is 0 Å². The van der Waals surface area contributed by atoms with E-state index in [-0.39, 0.29) is 17.9 Å². The molecule has 0 spiro atoms. The van der Waals surface area contributed by atoms with Crippen LogP contribution in [0.25, 0.3) is 0 Å². The molecular weight excluding hydrogens is 272 g/mol. The highest BCUT2D eigenvalue weighted by molar-refractivity contribution is 6.08. The second-order valence-corrected chi connectivity index (χ2v) is 5.34. The first-order valence-corrected chi connectivity index (χ1v) is 6.76. The Bertz CT molecular complexity index is 601. The third-order valence-electron chi connectivity index (χ3n) is 4.31. The van der Waals surface area contributed by atoms with Crippen LogP contribution < -0.4 is 5.32 Å². The van der Waals surface area contributed by atoms with E-state index in [0.29, 0.717) is 0 Å². The fraction of sp³-hybridized carbons (Fsp3) is 0.400. The molecule has 2 saturated heterocycles. The number of hydrogen-bond acceptors (Lipinski definition) is 5. The number of rotatable bonds is 2. The Morgan fingerprint density at radius 2 is 1.76 bits per heavy atom. The predicted molar refractivity (Wildman–Crippen MR) is 72.9 cm³/mol. The minimum Gasteiger partial charge on any atom is -0.468 e. The Hall–Kier alpha value is -2.21. The zero-order valence-electron chi connectivity index (χ0n) is 11.8. The van der Waals surface area contributed by atoms with E-state index in [1.165, 1.54) is 14.2 Å². The molecule has 4 atom stereocenters. The number of fused-ring (bicyclic) bond motifs is 1. The van der Waals surface area contributed by atoms with E-state index in [1.807, 2.05) is 30.3 Å². The van der Waals surface area contributed by atoms with Crippen LogP contribution in [-0.2, 0) is 19.1 Å². The SMILES string of the molecule is COC(=O)[C@H]1N[C@@H](c2ccccc2)[C@H]2C(=O)N(C)C(=O)[C@H]21. The normalized spacial score (nSPS) is 31.4. The molecule has 1 N–H and O–H groups in total. The van der Waals surface area contributed by atoms with Gasteiger partial charge in [0.05, 0.1) is 18.9 Å². The molecule has 6 nitrogen and oxygen atoms in total. The smallest absolute Gasteiger partial charge is 0.323 e. The van der Waals surface area contributed by atoms with Crippen LogP contribution in [0.5, 0.6) is 0 Å². The van der Waals surface area contributed by atoms with Crippen molar-refractivity contribution in [1.82, 2.24) is 10.2 Å². The molecule has 0 radical (unpaired) electrons. The van der Waals surface area contributed by atoms with Crippen LogP contribution in [0, 0.1) is 11.8 Å². The van der Waals surface area contributed by atoms with Gasteiger partial charge in [-0.1, -0.05) is 30.3 Å². The molecule has 0 unspecified atom stereocenters. The summed E-state index contributed by atoms with van der Waals surface area (Å²) >= 11 is 0. The van der Waals surface area contributed by atoms with Gasteiger partial charge < -0.3 is 4.74 Å². The fourth-order valence-electron chi connectivity index (χ4n) is 3.27. The Labute approximate surface area is 122 Å². The molecule has 1 aromatic rings. The van der Waals surface area contributed by atoms with Crippen molar-refractivity contribution in [3.05, 3.63) is 35.9 Å². The van der Waals surface area contributed by atoms with E-state index >= 15 is 0 Å². The van der Waals surface area contributed by atoms with E-state index in [0.717, 1.165) is 10.5 Å². The Kier molecular flexibility index (Phi) is 3.25. The summed E-state index contributed by atoms with van der Waals surface area (Å²) in [5.41, 5.74) is 0.885. The third kappa shape index (κ3) is 1.94. The van der Waals surface area contributed by atoms with Crippen molar-refractivity contribution >= 4 is 17.8 Å². The molecule has 2 fully saturated rings. The molecule has 2 aliphatic heterocycles. The van der Waals surface area contributed by atoms with E-state index < -0.39 is 23.8 Å². The first-order valence-electron chi connectivity index (χ1n) is 6.76. The maximum absolute atomic E-state index is 12.4. The number of hydrogen-bond donors (Lipinski definition) is 1. The van der Waals surface area contributed by atoms with Crippen LogP contribution in [0.15, 0.2) is 30.3 Å². The van der Waals surface area contributed by atoms with Crippen LogP contribution in [0.3, 0.4) is 0 Å². The van der Waals surface area contributed by atoms with Gasteiger partial charge in [-0.3, -0.25) is 24.6 Å². The van der Waals surface area contributed by atoms with Crippen molar-refractivity contribution in [1.29, 1.82) is 0 Å². The van der Waals surface area contributed by atoms with Crippen molar-refractivity contribution in [3.8, 4) is 0 Å². The molecule has 6 heteroatoms. The molecule has 2 heterocycles. The van der Waals surface area contributed by atoms with Crippen molar-refractivity contribution in [2.24, 2.45) is 11.8 Å². The summed E-state index contributed by atoms with van der Waals surface area (Å²) in [6, 6.07) is 8.22. The molecular formula is C15H16N2O4. The molecule has 2 aliphatic rings. The quantitative estimate of drug-likeness (QED) is 0.617. The van der Waals surface area contributed by atoms with Crippen LogP contribution in [0.1, 0.15) is 11.6 Å². The molecule has 0 aliphatic carbocycles. The summed E-state index contributed by atoms with van der Waals surface area (Å²) in [6.07, 6.45) is 0. The standard InChI is InChI=1S/C15H16N2O4/c1-17-13(18)9-10(14(17)19)12(15(20)21-2)16-11(9)8-6-4-3-5-7-8/h3-7,9-12,16H,1-2H3/t9-,10+,11-,12-/m0/s1. The molecule has 21 heavy (non-hydrogen) atoms. The Balaban J connectivity index is 2.02. The number of benzene rings is 1. The zero-order chi connectivity index (χ0) is 15.1. The van der Waals surface area contributed by atoms with Gasteiger partial charge in [0.2, 0.25) is 11.8 Å². The van der Waals surface area contributed by atoms with Gasteiger partial charge in [-0.15, -0.1) is 0 Å². The maximum atomic E-state index is 12.4. The number of nitrogens with zero attached hydrogens (tertiary/aromatic N) is 1. The predicted octanol–water partition coefficient (Wildman–Crippen LogP) is 0.103. The minimum absolute atomic E-state index is 0.252. The molecule has 110 valence electrons. The number of carbonyl (C=O) groups is 3. The van der Waals surface area contributed by atoms with Gasteiger partial charge in [0, 0.05) is 13.1 Å². The molecule has 1 aromatic carbocycles. The number of ether oxygens (including phenoxy) is 1. The van der Waals surface area contributed by atoms with Crippen LogP contribution in [0.4, 0.5) is 0 Å². The van der Waals surface area contributed by atoms with Gasteiger partial charge in [0.25, 0.3) is 0 Å². The van der Waals surface area contributed by atoms with Gasteiger partial charge in [-0.25, -0.2) is 0 Å². The van der Waals surface area contributed by atoms with E-state index in [4.69, 9.17) is 4.74 Å². The number of esters is 1. The van der Waals surface area contributed by atoms with E-state index in [2.05, 4.69) is 5.32 Å². The van der Waals surface area contributed by atoms with Crippen molar-refractivity contribution in [2.75, 3.05) is 14.2 Å². The Morgan fingerprint density at radius 3 is 2.38 bits per heavy atom. The molecule has 3 rings (SSSR count). The van der Waals surface area contributed by atoms with Crippen molar-refractivity contribution in [3.63, 3.8) is 0 Å². The summed E-state index contributed by atoms with van der Waals surface area (Å²) in [7, 11) is 2.74. The van der Waals surface area contributed by atoms with E-state index in [1.54, 1.807) is 0 Å². The second kappa shape index (κ2) is 4.96. The number of nitrogens with one attached hydrogen (secondary N) is 1. The van der Waals surface area contributed by atoms with Crippen LogP contribution >= 0.6 is 0 Å². The minimum atomic E-state index is -0.786. The average molecular weight is 288 g/mol. The lowest BCUT2D eigenvalue weighted by atomic mass is 9.86. The fourth-order valence-corrected chi connectivity index (χ4v) is 3.27. The van der Waals surface area contributed by atoms with Gasteiger partial charge >= 0.3 is 5.97 Å². The topological polar surface area (TPSA) is 75.7 Å². The largest absolute Gasteiger partial charge is 0.468 e. The van der Waals surface area contributed by atoms with E-state index in [9.17, 15) is 14.4 Å². The second-order valence-electron chi connectivity index (χ2n) is 5.34. The summed E-state index contributed by atoms with van der Waals surface area (Å²) < 4.78 is 4.76.